The van der Waals surface area contributed by atoms with Gasteiger partial charge in [-0.3, -0.25) is 9.48 Å². The van der Waals surface area contributed by atoms with Crippen molar-refractivity contribution in [3.05, 3.63) is 16.6 Å². The third-order valence-electron chi connectivity index (χ3n) is 3.89. The molecule has 1 fully saturated rings. The van der Waals surface area contributed by atoms with Crippen molar-refractivity contribution >= 4 is 33.4 Å². The molecule has 2 heterocycles. The van der Waals surface area contributed by atoms with Gasteiger partial charge in [-0.05, 0) is 32.3 Å². The van der Waals surface area contributed by atoms with Crippen LogP contribution in [0.25, 0.3) is 10.2 Å². The molecule has 0 saturated heterocycles. The first-order valence-electron chi connectivity index (χ1n) is 6.42. The number of carboxylic acids is 1. The summed E-state index contributed by atoms with van der Waals surface area (Å²) in [5.74, 6) is -1.26. The number of hydrogen-bond donors (Lipinski definition) is 2. The van der Waals surface area contributed by atoms with Crippen LogP contribution in [0.15, 0.2) is 6.07 Å². The van der Waals surface area contributed by atoms with Gasteiger partial charge in [0.1, 0.15) is 10.4 Å². The molecule has 0 aliphatic heterocycles. The van der Waals surface area contributed by atoms with Crippen LogP contribution in [0.1, 0.15) is 34.6 Å². The average molecular weight is 293 g/mol. The fraction of sp³-hybridized carbons (Fsp3) is 0.462. The topological polar surface area (TPSA) is 84.2 Å². The molecule has 0 radical (unpaired) electrons. The SMILES string of the molecule is Cc1nn(C)c2sc(C(=O)NC3(C(=O)O)CCC3)cc12. The van der Waals surface area contributed by atoms with Gasteiger partial charge in [-0.25, -0.2) is 4.79 Å². The minimum absolute atomic E-state index is 0.312. The molecule has 0 bridgehead atoms. The highest BCUT2D eigenvalue weighted by atomic mass is 32.1. The first-order valence-corrected chi connectivity index (χ1v) is 7.24. The van der Waals surface area contributed by atoms with Crippen molar-refractivity contribution in [1.29, 1.82) is 0 Å². The minimum atomic E-state index is -1.07. The van der Waals surface area contributed by atoms with E-state index in [1.807, 2.05) is 14.0 Å². The number of nitrogens with one attached hydrogen (secondary N) is 1. The first kappa shape index (κ1) is 13.1. The lowest BCUT2D eigenvalue weighted by molar-refractivity contribution is -0.148. The quantitative estimate of drug-likeness (QED) is 0.901. The number of fused-ring (bicyclic) bond motifs is 1. The van der Waals surface area contributed by atoms with E-state index in [9.17, 15) is 14.7 Å². The lowest BCUT2D eigenvalue weighted by Gasteiger charge is -2.38. The highest BCUT2D eigenvalue weighted by Crippen LogP contribution is 2.33. The zero-order valence-electron chi connectivity index (χ0n) is 11.3. The number of hydrogen-bond acceptors (Lipinski definition) is 4. The summed E-state index contributed by atoms with van der Waals surface area (Å²) in [6.45, 7) is 1.89. The summed E-state index contributed by atoms with van der Waals surface area (Å²) >= 11 is 1.34. The molecule has 2 aromatic rings. The van der Waals surface area contributed by atoms with Gasteiger partial charge in [0.25, 0.3) is 5.91 Å². The van der Waals surface area contributed by atoms with Crippen LogP contribution in [-0.2, 0) is 11.8 Å². The van der Waals surface area contributed by atoms with Gasteiger partial charge in [0.2, 0.25) is 0 Å². The molecule has 1 amide bonds. The van der Waals surface area contributed by atoms with Crippen molar-refractivity contribution < 1.29 is 14.7 Å². The molecule has 20 heavy (non-hydrogen) atoms. The highest BCUT2D eigenvalue weighted by Gasteiger charge is 2.46. The molecule has 3 rings (SSSR count). The summed E-state index contributed by atoms with van der Waals surface area (Å²) < 4.78 is 1.74. The number of aromatic nitrogens is 2. The molecule has 1 saturated carbocycles. The molecule has 0 atom stereocenters. The van der Waals surface area contributed by atoms with Crippen LogP contribution >= 0.6 is 11.3 Å². The standard InChI is InChI=1S/C13H15N3O3S/c1-7-8-6-9(20-11(8)16(2)15-7)10(17)14-13(12(18)19)4-3-5-13/h6H,3-5H2,1-2H3,(H,14,17)(H,18,19). The van der Waals surface area contributed by atoms with E-state index >= 15 is 0 Å². The Kier molecular flexibility index (Phi) is 2.82. The fourth-order valence-corrected chi connectivity index (χ4v) is 3.54. The summed E-state index contributed by atoms with van der Waals surface area (Å²) in [6.07, 6.45) is 1.83. The maximum atomic E-state index is 12.3. The lowest BCUT2D eigenvalue weighted by atomic mass is 9.77. The van der Waals surface area contributed by atoms with Crippen LogP contribution in [0.5, 0.6) is 0 Å². The summed E-state index contributed by atoms with van der Waals surface area (Å²) in [7, 11) is 1.83. The summed E-state index contributed by atoms with van der Waals surface area (Å²) in [5.41, 5.74) is -0.199. The Bertz CT molecular complexity index is 677. The van der Waals surface area contributed by atoms with E-state index in [0.29, 0.717) is 17.7 Å². The maximum absolute atomic E-state index is 12.3. The molecule has 6 nitrogen and oxygen atoms in total. The van der Waals surface area contributed by atoms with Gasteiger partial charge < -0.3 is 10.4 Å². The summed E-state index contributed by atoms with van der Waals surface area (Å²) in [5, 5.41) is 17.1. The molecule has 7 heteroatoms. The van der Waals surface area contributed by atoms with Crippen molar-refractivity contribution in [2.24, 2.45) is 7.05 Å². The molecule has 2 aromatic heterocycles. The Labute approximate surface area is 119 Å². The largest absolute Gasteiger partial charge is 0.480 e. The lowest BCUT2D eigenvalue weighted by Crippen LogP contribution is -2.59. The van der Waals surface area contributed by atoms with E-state index in [-0.39, 0.29) is 5.91 Å². The van der Waals surface area contributed by atoms with Crippen molar-refractivity contribution in [1.82, 2.24) is 15.1 Å². The number of carboxylic acid groups (broad SMARTS) is 1. The van der Waals surface area contributed by atoms with E-state index in [2.05, 4.69) is 10.4 Å². The first-order chi connectivity index (χ1) is 9.43. The molecule has 1 aliphatic carbocycles. The van der Waals surface area contributed by atoms with Crippen LogP contribution in [0.3, 0.4) is 0 Å². The number of thiophene rings is 1. The molecule has 2 N–H and O–H groups in total. The fourth-order valence-electron chi connectivity index (χ4n) is 2.52. The Morgan fingerprint density at radius 2 is 2.20 bits per heavy atom. The van der Waals surface area contributed by atoms with E-state index in [4.69, 9.17) is 0 Å². The summed E-state index contributed by atoms with van der Waals surface area (Å²) in [4.78, 5) is 25.0. The van der Waals surface area contributed by atoms with Gasteiger partial charge in [0, 0.05) is 12.4 Å². The van der Waals surface area contributed by atoms with Crippen molar-refractivity contribution in [2.45, 2.75) is 31.7 Å². The second kappa shape index (κ2) is 4.31. The Balaban J connectivity index is 1.89. The third-order valence-corrected chi connectivity index (χ3v) is 5.09. The smallest absolute Gasteiger partial charge is 0.329 e. The normalized spacial score (nSPS) is 16.9. The molecule has 0 aromatic carbocycles. The number of aryl methyl sites for hydroxylation is 2. The van der Waals surface area contributed by atoms with Gasteiger partial charge in [0.05, 0.1) is 10.6 Å². The Morgan fingerprint density at radius 1 is 1.50 bits per heavy atom. The number of carbonyl (C=O) groups is 2. The second-order valence-electron chi connectivity index (χ2n) is 5.23. The number of aliphatic carboxylic acids is 1. The zero-order valence-corrected chi connectivity index (χ0v) is 12.1. The van der Waals surface area contributed by atoms with Crippen molar-refractivity contribution in [2.75, 3.05) is 0 Å². The van der Waals surface area contributed by atoms with E-state index < -0.39 is 11.5 Å². The Morgan fingerprint density at radius 3 is 2.70 bits per heavy atom. The van der Waals surface area contributed by atoms with Gasteiger partial charge in [-0.1, -0.05) is 0 Å². The van der Waals surface area contributed by atoms with E-state index in [1.54, 1.807) is 10.7 Å². The number of amides is 1. The molecule has 1 aliphatic rings. The number of carbonyl (C=O) groups excluding carboxylic acids is 1. The average Bonchev–Trinajstić information content (AvgIpc) is 2.86. The summed E-state index contributed by atoms with van der Waals surface area (Å²) in [6, 6.07) is 1.78. The highest BCUT2D eigenvalue weighted by molar-refractivity contribution is 7.20. The van der Waals surface area contributed by atoms with Crippen molar-refractivity contribution in [3.8, 4) is 0 Å². The van der Waals surface area contributed by atoms with Crippen molar-refractivity contribution in [3.63, 3.8) is 0 Å². The Hall–Kier alpha value is -1.89. The molecular formula is C13H15N3O3S. The predicted molar refractivity (Wildman–Crippen MR) is 75.0 cm³/mol. The molecule has 106 valence electrons. The van der Waals surface area contributed by atoms with Crippen LogP contribution in [0.2, 0.25) is 0 Å². The van der Waals surface area contributed by atoms with Gasteiger partial charge in [0.15, 0.2) is 0 Å². The maximum Gasteiger partial charge on any atom is 0.329 e. The van der Waals surface area contributed by atoms with Crippen LogP contribution in [0, 0.1) is 6.92 Å². The van der Waals surface area contributed by atoms with Gasteiger partial charge in [-0.15, -0.1) is 11.3 Å². The number of nitrogens with zero attached hydrogens (tertiary/aromatic N) is 2. The molecule has 0 unspecified atom stereocenters. The zero-order chi connectivity index (χ0) is 14.5. The predicted octanol–water partition coefficient (Wildman–Crippen LogP) is 1.68. The third kappa shape index (κ3) is 1.81. The van der Waals surface area contributed by atoms with Crippen LogP contribution < -0.4 is 5.32 Å². The van der Waals surface area contributed by atoms with Crippen LogP contribution in [0.4, 0.5) is 0 Å². The molecule has 0 spiro atoms. The van der Waals surface area contributed by atoms with Gasteiger partial charge >= 0.3 is 5.97 Å². The number of rotatable bonds is 3. The second-order valence-corrected chi connectivity index (χ2v) is 6.26. The molecular weight excluding hydrogens is 278 g/mol. The van der Waals surface area contributed by atoms with Gasteiger partial charge in [-0.2, -0.15) is 5.10 Å². The van der Waals surface area contributed by atoms with E-state index in [1.165, 1.54) is 11.3 Å². The van der Waals surface area contributed by atoms with Crippen LogP contribution in [-0.4, -0.2) is 32.3 Å². The minimum Gasteiger partial charge on any atom is -0.480 e. The van der Waals surface area contributed by atoms with E-state index in [0.717, 1.165) is 22.3 Å². The monoisotopic (exact) mass is 293 g/mol.